The number of aromatic nitrogens is 1. The second-order valence-corrected chi connectivity index (χ2v) is 7.56. The molecular formula is C17H17IN4O3S. The van der Waals surface area contributed by atoms with E-state index in [0.29, 0.717) is 5.75 Å². The lowest BCUT2D eigenvalue weighted by Gasteiger charge is -2.22. The first-order chi connectivity index (χ1) is 12.4. The van der Waals surface area contributed by atoms with Crippen LogP contribution < -0.4 is 10.1 Å². The maximum Gasteiger partial charge on any atom is 0.273 e. The Balaban J connectivity index is 2.16. The maximum atomic E-state index is 12.5. The Labute approximate surface area is 169 Å². The Hall–Kier alpha value is -2.06. The van der Waals surface area contributed by atoms with E-state index in [1.54, 1.807) is 18.5 Å². The summed E-state index contributed by atoms with van der Waals surface area (Å²) in [4.78, 5) is 21.4. The van der Waals surface area contributed by atoms with Gasteiger partial charge in [-0.05, 0) is 60.0 Å². The lowest BCUT2D eigenvalue weighted by molar-refractivity contribution is -0.125. The van der Waals surface area contributed by atoms with Crippen LogP contribution in [0.5, 0.6) is 5.75 Å². The number of carbonyl (C=O) groups is 1. The van der Waals surface area contributed by atoms with Gasteiger partial charge in [-0.15, -0.1) is 11.8 Å². The molecule has 1 heterocycles. The molecule has 26 heavy (non-hydrogen) atoms. The summed E-state index contributed by atoms with van der Waals surface area (Å²) in [6.45, 7) is 1.52. The summed E-state index contributed by atoms with van der Waals surface area (Å²) in [5.41, 5.74) is -1.28. The van der Waals surface area contributed by atoms with Crippen molar-refractivity contribution in [1.29, 1.82) is 5.26 Å². The Morgan fingerprint density at radius 2 is 2.31 bits per heavy atom. The Morgan fingerprint density at radius 1 is 1.54 bits per heavy atom. The van der Waals surface area contributed by atoms with Gasteiger partial charge in [0.1, 0.15) is 12.9 Å². The Kier molecular flexibility index (Phi) is 7.05. The molecule has 0 aliphatic rings. The number of nitriles is 1. The lowest BCUT2D eigenvalue weighted by atomic mass is 10.1. The van der Waals surface area contributed by atoms with Crippen molar-refractivity contribution in [2.24, 2.45) is 5.16 Å². The predicted octanol–water partition coefficient (Wildman–Crippen LogP) is 2.94. The molecule has 0 saturated carbocycles. The van der Waals surface area contributed by atoms with Gasteiger partial charge in [0.05, 0.1) is 17.8 Å². The van der Waals surface area contributed by atoms with Crippen LogP contribution >= 0.6 is 34.4 Å². The zero-order valence-corrected chi connectivity index (χ0v) is 17.4. The van der Waals surface area contributed by atoms with Crippen LogP contribution in [0.3, 0.4) is 0 Å². The minimum Gasteiger partial charge on any atom is -0.470 e. The van der Waals surface area contributed by atoms with Crippen LogP contribution in [0.4, 0.5) is 0 Å². The third-order valence-corrected chi connectivity index (χ3v) is 4.65. The summed E-state index contributed by atoms with van der Waals surface area (Å²) in [6, 6.07) is 9.39. The van der Waals surface area contributed by atoms with Gasteiger partial charge in [-0.3, -0.25) is 9.78 Å². The number of halogens is 1. The zero-order valence-electron chi connectivity index (χ0n) is 14.4. The number of fused-ring (bicyclic) bond motifs is 1. The minimum atomic E-state index is -1.30. The van der Waals surface area contributed by atoms with E-state index < -0.39 is 16.9 Å². The number of thioether (sulfide) groups is 1. The van der Waals surface area contributed by atoms with Crippen LogP contribution in [-0.4, -0.2) is 41.4 Å². The van der Waals surface area contributed by atoms with E-state index in [-0.39, 0.29) is 0 Å². The van der Waals surface area contributed by atoms with Crippen molar-refractivity contribution in [2.75, 3.05) is 13.4 Å². The van der Waals surface area contributed by atoms with Crippen molar-refractivity contribution >= 4 is 57.4 Å². The fourth-order valence-electron chi connectivity index (χ4n) is 2.05. The number of amides is 1. The van der Waals surface area contributed by atoms with E-state index in [0.717, 1.165) is 14.5 Å². The summed E-state index contributed by atoms with van der Waals surface area (Å²) in [5.74, 6) is 0.102. The molecule has 2 atom stereocenters. The van der Waals surface area contributed by atoms with Gasteiger partial charge >= 0.3 is 0 Å². The molecule has 0 bridgehead atoms. The van der Waals surface area contributed by atoms with Gasteiger partial charge in [0.25, 0.3) is 5.91 Å². The summed E-state index contributed by atoms with van der Waals surface area (Å²) in [5, 5.41) is 16.4. The molecule has 0 saturated heterocycles. The SMILES string of the molecule is CO/N=C/C(C)(C#N)NC(=O)C(Oc1ccc2ncc(I)cc2c1)SC. The number of pyridine rings is 1. The first-order valence-corrected chi connectivity index (χ1v) is 9.83. The van der Waals surface area contributed by atoms with Crippen LogP contribution in [-0.2, 0) is 9.63 Å². The van der Waals surface area contributed by atoms with Gasteiger partial charge in [-0.1, -0.05) is 5.16 Å². The predicted molar refractivity (Wildman–Crippen MR) is 110 cm³/mol. The Bertz CT molecular complexity index is 871. The standard InChI is InChI=1S/C17H17IN4O3S/c1-17(9-19,10-21-24-2)22-15(23)16(26-3)25-13-4-5-14-11(7-13)6-12(18)8-20-14/h4-8,10,16H,1-3H3,(H,22,23)/b21-10+. The summed E-state index contributed by atoms with van der Waals surface area (Å²) < 4.78 is 6.81. The van der Waals surface area contributed by atoms with E-state index in [4.69, 9.17) is 4.74 Å². The summed E-state index contributed by atoms with van der Waals surface area (Å²) in [7, 11) is 1.36. The van der Waals surface area contributed by atoms with Gasteiger partial charge < -0.3 is 14.9 Å². The molecule has 0 radical (unpaired) electrons. The summed E-state index contributed by atoms with van der Waals surface area (Å²) >= 11 is 3.41. The van der Waals surface area contributed by atoms with Crippen LogP contribution in [0.1, 0.15) is 6.92 Å². The third kappa shape index (κ3) is 5.22. The molecule has 1 aromatic carbocycles. The molecule has 2 aromatic rings. The topological polar surface area (TPSA) is 96.6 Å². The molecule has 7 nitrogen and oxygen atoms in total. The van der Waals surface area contributed by atoms with Crippen LogP contribution in [0.15, 0.2) is 35.6 Å². The number of hydrogen-bond acceptors (Lipinski definition) is 7. The highest BCUT2D eigenvalue weighted by molar-refractivity contribution is 14.1. The fraction of sp³-hybridized carbons (Fsp3) is 0.294. The second-order valence-electron chi connectivity index (χ2n) is 5.41. The quantitative estimate of drug-likeness (QED) is 0.281. The number of nitrogens with zero attached hydrogens (tertiary/aromatic N) is 3. The van der Waals surface area contributed by atoms with Gasteiger partial charge in [-0.2, -0.15) is 5.26 Å². The van der Waals surface area contributed by atoms with Crippen molar-refractivity contribution in [3.63, 3.8) is 0 Å². The second kappa shape index (κ2) is 9.05. The first kappa shape index (κ1) is 20.3. The van der Waals surface area contributed by atoms with Crippen molar-refractivity contribution in [1.82, 2.24) is 10.3 Å². The number of carbonyl (C=O) groups excluding carboxylic acids is 1. The highest BCUT2D eigenvalue weighted by atomic mass is 127. The molecule has 136 valence electrons. The average Bonchev–Trinajstić information content (AvgIpc) is 2.63. The maximum absolute atomic E-state index is 12.5. The fourth-order valence-corrected chi connectivity index (χ4v) is 3.01. The first-order valence-electron chi connectivity index (χ1n) is 7.46. The van der Waals surface area contributed by atoms with Gasteiger partial charge in [0.2, 0.25) is 5.44 Å². The number of hydrogen-bond donors (Lipinski definition) is 1. The molecule has 2 unspecified atom stereocenters. The van der Waals surface area contributed by atoms with Crippen molar-refractivity contribution < 1.29 is 14.4 Å². The zero-order chi connectivity index (χ0) is 19.2. The van der Waals surface area contributed by atoms with Crippen molar-refractivity contribution in [3.05, 3.63) is 34.0 Å². The normalized spacial score (nSPS) is 14.4. The highest BCUT2D eigenvalue weighted by Crippen LogP contribution is 2.24. The van der Waals surface area contributed by atoms with E-state index in [1.165, 1.54) is 32.0 Å². The van der Waals surface area contributed by atoms with Crippen molar-refractivity contribution in [3.8, 4) is 11.8 Å². The van der Waals surface area contributed by atoms with Crippen LogP contribution in [0.25, 0.3) is 10.9 Å². The van der Waals surface area contributed by atoms with Gasteiger partial charge in [0, 0.05) is 15.2 Å². The van der Waals surface area contributed by atoms with E-state index in [2.05, 4.69) is 42.9 Å². The smallest absolute Gasteiger partial charge is 0.273 e. The molecule has 0 aliphatic carbocycles. The molecule has 2 rings (SSSR count). The highest BCUT2D eigenvalue weighted by Gasteiger charge is 2.29. The molecule has 1 aromatic heterocycles. The largest absolute Gasteiger partial charge is 0.470 e. The van der Waals surface area contributed by atoms with Gasteiger partial charge in [-0.25, -0.2) is 0 Å². The molecule has 9 heteroatoms. The number of benzene rings is 1. The number of ether oxygens (including phenoxy) is 1. The molecule has 0 spiro atoms. The monoisotopic (exact) mass is 484 g/mol. The van der Waals surface area contributed by atoms with E-state index >= 15 is 0 Å². The molecule has 1 N–H and O–H groups in total. The number of oxime groups is 1. The molecule has 0 aliphatic heterocycles. The van der Waals surface area contributed by atoms with Crippen LogP contribution in [0, 0.1) is 14.9 Å². The van der Waals surface area contributed by atoms with Crippen LogP contribution in [0.2, 0.25) is 0 Å². The average molecular weight is 484 g/mol. The van der Waals surface area contributed by atoms with Gasteiger partial charge in [0.15, 0.2) is 5.54 Å². The number of rotatable bonds is 7. The minimum absolute atomic E-state index is 0.440. The summed E-state index contributed by atoms with van der Waals surface area (Å²) in [6.07, 6.45) is 4.76. The number of nitrogens with one attached hydrogen (secondary N) is 1. The molecular weight excluding hydrogens is 467 g/mol. The van der Waals surface area contributed by atoms with E-state index in [9.17, 15) is 10.1 Å². The van der Waals surface area contributed by atoms with E-state index in [1.807, 2.05) is 24.3 Å². The third-order valence-electron chi connectivity index (χ3n) is 3.32. The van der Waals surface area contributed by atoms with Crippen molar-refractivity contribution in [2.45, 2.75) is 17.9 Å². The lowest BCUT2D eigenvalue weighted by Crippen LogP contribution is -2.50. The molecule has 0 fully saturated rings. The Morgan fingerprint density at radius 3 is 2.96 bits per heavy atom. The molecule has 1 amide bonds.